The molecule has 3 heteroatoms. The molecule has 1 atom stereocenters. The van der Waals surface area contributed by atoms with Crippen molar-refractivity contribution in [2.75, 3.05) is 0 Å². The zero-order chi connectivity index (χ0) is 11.7. The summed E-state index contributed by atoms with van der Waals surface area (Å²) in [5.74, 6) is 1.14. The monoisotopic (exact) mass is 220 g/mol. The molecule has 1 heterocycles. The molecule has 0 spiro atoms. The van der Waals surface area contributed by atoms with E-state index < -0.39 is 6.10 Å². The van der Waals surface area contributed by atoms with Crippen LogP contribution in [-0.4, -0.2) is 5.11 Å². The number of rotatable bonds is 2. The van der Waals surface area contributed by atoms with E-state index in [0.717, 1.165) is 11.3 Å². The molecule has 1 N–H and O–H groups in total. The minimum absolute atomic E-state index is 0.309. The lowest BCUT2D eigenvalue weighted by atomic mass is 10.0. The van der Waals surface area contributed by atoms with Gasteiger partial charge in [0.25, 0.3) is 0 Å². The van der Waals surface area contributed by atoms with Gasteiger partial charge in [-0.3, -0.25) is 0 Å². The first-order chi connectivity index (χ1) is 7.58. The first-order valence-electron chi connectivity index (χ1n) is 5.08. The normalized spacial score (nSPS) is 12.8. The molecule has 0 amide bonds. The number of benzene rings is 1. The predicted octanol–water partition coefficient (Wildman–Crippen LogP) is 3.12. The lowest BCUT2D eigenvalue weighted by molar-refractivity contribution is 0.218. The van der Waals surface area contributed by atoms with Gasteiger partial charge in [0.2, 0.25) is 0 Å². The van der Waals surface area contributed by atoms with Crippen LogP contribution in [0.3, 0.4) is 0 Å². The average molecular weight is 220 g/mol. The van der Waals surface area contributed by atoms with Crippen molar-refractivity contribution in [2.24, 2.45) is 0 Å². The van der Waals surface area contributed by atoms with Crippen LogP contribution < -0.4 is 0 Å². The Kier molecular flexibility index (Phi) is 2.79. The van der Waals surface area contributed by atoms with Crippen molar-refractivity contribution in [1.82, 2.24) is 0 Å². The largest absolute Gasteiger partial charge is 0.466 e. The van der Waals surface area contributed by atoms with Gasteiger partial charge in [0, 0.05) is 5.56 Å². The van der Waals surface area contributed by atoms with Crippen molar-refractivity contribution in [3.8, 4) is 0 Å². The van der Waals surface area contributed by atoms with Gasteiger partial charge in [-0.2, -0.15) is 0 Å². The standard InChI is InChI=1S/C13H13FO2/c1-8-7-12(9(2)16-8)13(15)10-3-5-11(14)6-4-10/h3-7,13,15H,1-2H3. The zero-order valence-corrected chi connectivity index (χ0v) is 9.20. The summed E-state index contributed by atoms with van der Waals surface area (Å²) >= 11 is 0. The molecule has 0 saturated heterocycles. The Morgan fingerprint density at radius 2 is 1.81 bits per heavy atom. The van der Waals surface area contributed by atoms with Gasteiger partial charge in [-0.1, -0.05) is 12.1 Å². The van der Waals surface area contributed by atoms with E-state index in [4.69, 9.17) is 4.42 Å². The van der Waals surface area contributed by atoms with Crippen LogP contribution in [-0.2, 0) is 0 Å². The van der Waals surface area contributed by atoms with Crippen LogP contribution in [0.4, 0.5) is 4.39 Å². The van der Waals surface area contributed by atoms with Crippen molar-refractivity contribution in [2.45, 2.75) is 20.0 Å². The molecule has 0 aliphatic heterocycles. The van der Waals surface area contributed by atoms with E-state index >= 15 is 0 Å². The fourth-order valence-corrected chi connectivity index (χ4v) is 1.75. The van der Waals surface area contributed by atoms with Gasteiger partial charge in [-0.15, -0.1) is 0 Å². The van der Waals surface area contributed by atoms with Gasteiger partial charge in [-0.05, 0) is 37.6 Å². The van der Waals surface area contributed by atoms with Crippen molar-refractivity contribution < 1.29 is 13.9 Å². The fourth-order valence-electron chi connectivity index (χ4n) is 1.75. The van der Waals surface area contributed by atoms with Crippen LogP contribution in [0.15, 0.2) is 34.7 Å². The smallest absolute Gasteiger partial charge is 0.123 e. The van der Waals surface area contributed by atoms with Crippen LogP contribution in [0.25, 0.3) is 0 Å². The topological polar surface area (TPSA) is 33.4 Å². The van der Waals surface area contributed by atoms with Crippen molar-refractivity contribution in [1.29, 1.82) is 0 Å². The van der Waals surface area contributed by atoms with E-state index in [-0.39, 0.29) is 5.82 Å². The van der Waals surface area contributed by atoms with E-state index in [1.165, 1.54) is 12.1 Å². The van der Waals surface area contributed by atoms with Gasteiger partial charge in [-0.25, -0.2) is 4.39 Å². The highest BCUT2D eigenvalue weighted by Crippen LogP contribution is 2.27. The Bertz CT molecular complexity index is 485. The summed E-state index contributed by atoms with van der Waals surface area (Å²) in [5.41, 5.74) is 1.38. The first kappa shape index (κ1) is 10.9. The van der Waals surface area contributed by atoms with E-state index in [1.807, 2.05) is 6.92 Å². The SMILES string of the molecule is Cc1cc(C(O)c2ccc(F)cc2)c(C)o1. The highest BCUT2D eigenvalue weighted by Gasteiger charge is 2.16. The highest BCUT2D eigenvalue weighted by molar-refractivity contribution is 5.32. The number of aliphatic hydroxyl groups is 1. The number of furan rings is 1. The Morgan fingerprint density at radius 1 is 1.19 bits per heavy atom. The maximum atomic E-state index is 12.7. The number of hydrogen-bond donors (Lipinski definition) is 1. The second kappa shape index (κ2) is 4.10. The molecule has 1 aromatic heterocycles. The van der Waals surface area contributed by atoms with E-state index in [0.29, 0.717) is 11.3 Å². The predicted molar refractivity (Wildman–Crippen MR) is 58.6 cm³/mol. The summed E-state index contributed by atoms with van der Waals surface area (Å²) in [5, 5.41) is 10.1. The summed E-state index contributed by atoms with van der Waals surface area (Å²) in [4.78, 5) is 0. The minimum Gasteiger partial charge on any atom is -0.466 e. The molecule has 2 rings (SSSR count). The molecule has 0 saturated carbocycles. The third-order valence-electron chi connectivity index (χ3n) is 2.56. The van der Waals surface area contributed by atoms with E-state index in [1.54, 1.807) is 25.1 Å². The summed E-state index contributed by atoms with van der Waals surface area (Å²) in [6.07, 6.45) is -0.766. The molecule has 2 nitrogen and oxygen atoms in total. The lowest BCUT2D eigenvalue weighted by Gasteiger charge is -2.09. The molecule has 1 unspecified atom stereocenters. The summed E-state index contributed by atoms with van der Waals surface area (Å²) in [6, 6.07) is 7.61. The minimum atomic E-state index is -0.766. The molecule has 16 heavy (non-hydrogen) atoms. The third-order valence-corrected chi connectivity index (χ3v) is 2.56. The molecule has 1 aromatic carbocycles. The van der Waals surface area contributed by atoms with Crippen molar-refractivity contribution in [3.63, 3.8) is 0 Å². The Hall–Kier alpha value is -1.61. The van der Waals surface area contributed by atoms with E-state index in [9.17, 15) is 9.50 Å². The molecule has 2 aromatic rings. The quantitative estimate of drug-likeness (QED) is 0.843. The lowest BCUT2D eigenvalue weighted by Crippen LogP contribution is -1.99. The van der Waals surface area contributed by atoms with Crippen LogP contribution in [0.1, 0.15) is 28.8 Å². The summed E-state index contributed by atoms with van der Waals surface area (Å²) in [6.45, 7) is 3.63. The zero-order valence-electron chi connectivity index (χ0n) is 9.20. The molecule has 0 fully saturated rings. The van der Waals surface area contributed by atoms with Crippen LogP contribution >= 0.6 is 0 Å². The van der Waals surface area contributed by atoms with Crippen molar-refractivity contribution >= 4 is 0 Å². The van der Waals surface area contributed by atoms with Crippen LogP contribution in [0.2, 0.25) is 0 Å². The number of halogens is 1. The van der Waals surface area contributed by atoms with E-state index in [2.05, 4.69) is 0 Å². The second-order valence-electron chi connectivity index (χ2n) is 3.82. The fraction of sp³-hybridized carbons (Fsp3) is 0.231. The molecule has 0 bridgehead atoms. The Morgan fingerprint density at radius 3 is 2.31 bits per heavy atom. The Balaban J connectivity index is 2.35. The summed E-state index contributed by atoms with van der Waals surface area (Å²) < 4.78 is 18.1. The maximum absolute atomic E-state index is 12.7. The van der Waals surface area contributed by atoms with Crippen LogP contribution in [0, 0.1) is 19.7 Å². The molecule has 0 aliphatic rings. The average Bonchev–Trinajstić information content (AvgIpc) is 2.58. The van der Waals surface area contributed by atoms with Crippen LogP contribution in [0.5, 0.6) is 0 Å². The van der Waals surface area contributed by atoms with Gasteiger partial charge >= 0.3 is 0 Å². The maximum Gasteiger partial charge on any atom is 0.123 e. The first-order valence-corrected chi connectivity index (χ1v) is 5.08. The number of hydrogen-bond acceptors (Lipinski definition) is 2. The molecule has 0 radical (unpaired) electrons. The molecular weight excluding hydrogens is 207 g/mol. The molecule has 0 aliphatic carbocycles. The second-order valence-corrected chi connectivity index (χ2v) is 3.82. The molecule has 84 valence electrons. The van der Waals surface area contributed by atoms with Gasteiger partial charge in [0.1, 0.15) is 23.4 Å². The number of aliphatic hydroxyl groups excluding tert-OH is 1. The summed E-state index contributed by atoms with van der Waals surface area (Å²) in [7, 11) is 0. The molecular formula is C13H13FO2. The third kappa shape index (κ3) is 1.99. The van der Waals surface area contributed by atoms with Crippen molar-refractivity contribution in [3.05, 3.63) is 58.8 Å². The number of aryl methyl sites for hydroxylation is 2. The van der Waals surface area contributed by atoms with Gasteiger partial charge in [0.15, 0.2) is 0 Å². The highest BCUT2D eigenvalue weighted by atomic mass is 19.1. The van der Waals surface area contributed by atoms with Gasteiger partial charge in [0.05, 0.1) is 0 Å². The van der Waals surface area contributed by atoms with Gasteiger partial charge < -0.3 is 9.52 Å². The Labute approximate surface area is 93.3 Å².